The number of hydrogen-bond donors (Lipinski definition) is 0. The van der Waals surface area contributed by atoms with Crippen molar-refractivity contribution in [3.8, 4) is 0 Å². The van der Waals surface area contributed by atoms with Crippen molar-refractivity contribution >= 4 is 46.6 Å². The SMILES string of the molecule is O=C(CN1C(=O)C(=O)N(CCC2=CCCCC2)C1=O)c1ccc(Cl)s1. The Balaban J connectivity index is 1.64. The van der Waals surface area contributed by atoms with Crippen LogP contribution < -0.4 is 0 Å². The number of allylic oxidation sites excluding steroid dienone is 1. The van der Waals surface area contributed by atoms with Crippen LogP contribution in [0.1, 0.15) is 41.8 Å². The molecule has 1 aromatic heterocycles. The first-order valence-corrected chi connectivity index (χ1v) is 9.30. The van der Waals surface area contributed by atoms with Gasteiger partial charge in [-0.15, -0.1) is 11.3 Å². The molecule has 132 valence electrons. The van der Waals surface area contributed by atoms with Crippen LogP contribution in [0.15, 0.2) is 23.8 Å². The molecule has 0 spiro atoms. The molecule has 0 saturated carbocycles. The minimum atomic E-state index is -0.946. The maximum Gasteiger partial charge on any atom is 0.334 e. The van der Waals surface area contributed by atoms with Crippen molar-refractivity contribution in [1.82, 2.24) is 9.80 Å². The van der Waals surface area contributed by atoms with Gasteiger partial charge in [0.25, 0.3) is 0 Å². The van der Waals surface area contributed by atoms with Gasteiger partial charge in [0.05, 0.1) is 15.8 Å². The van der Waals surface area contributed by atoms with E-state index in [4.69, 9.17) is 11.6 Å². The Labute approximate surface area is 154 Å². The van der Waals surface area contributed by atoms with Crippen molar-refractivity contribution in [3.63, 3.8) is 0 Å². The average molecular weight is 381 g/mol. The summed E-state index contributed by atoms with van der Waals surface area (Å²) in [7, 11) is 0. The number of nitrogens with zero attached hydrogens (tertiary/aromatic N) is 2. The van der Waals surface area contributed by atoms with Crippen molar-refractivity contribution in [1.29, 1.82) is 0 Å². The van der Waals surface area contributed by atoms with E-state index in [0.717, 1.165) is 41.9 Å². The number of hydrogen-bond acceptors (Lipinski definition) is 5. The van der Waals surface area contributed by atoms with Crippen LogP contribution >= 0.6 is 22.9 Å². The number of amides is 4. The highest BCUT2D eigenvalue weighted by Gasteiger charge is 2.45. The minimum absolute atomic E-state index is 0.171. The Morgan fingerprint density at radius 3 is 2.52 bits per heavy atom. The maximum atomic E-state index is 12.4. The predicted molar refractivity (Wildman–Crippen MR) is 93.6 cm³/mol. The lowest BCUT2D eigenvalue weighted by Gasteiger charge is -2.17. The minimum Gasteiger partial charge on any atom is -0.291 e. The maximum absolute atomic E-state index is 12.4. The van der Waals surface area contributed by atoms with Crippen LogP contribution in [0.4, 0.5) is 4.79 Å². The highest BCUT2D eigenvalue weighted by molar-refractivity contribution is 7.18. The van der Waals surface area contributed by atoms with E-state index in [9.17, 15) is 19.2 Å². The Morgan fingerprint density at radius 2 is 1.88 bits per heavy atom. The quantitative estimate of drug-likeness (QED) is 0.328. The fourth-order valence-electron chi connectivity index (χ4n) is 2.96. The molecule has 3 rings (SSSR count). The molecule has 1 aromatic rings. The predicted octanol–water partition coefficient (Wildman–Crippen LogP) is 3.27. The normalized spacial score (nSPS) is 18.1. The van der Waals surface area contributed by atoms with E-state index in [0.29, 0.717) is 20.5 Å². The third-order valence-electron chi connectivity index (χ3n) is 4.33. The summed E-state index contributed by atoms with van der Waals surface area (Å²) in [6.45, 7) is -0.274. The highest BCUT2D eigenvalue weighted by atomic mass is 35.5. The average Bonchev–Trinajstić information content (AvgIpc) is 3.13. The molecule has 1 fully saturated rings. The zero-order valence-electron chi connectivity index (χ0n) is 13.5. The number of rotatable bonds is 6. The second-order valence-corrected chi connectivity index (χ2v) is 7.73. The fraction of sp³-hybridized carbons (Fsp3) is 0.412. The summed E-state index contributed by atoms with van der Waals surface area (Å²) in [5.41, 5.74) is 1.21. The van der Waals surface area contributed by atoms with Gasteiger partial charge >= 0.3 is 17.8 Å². The topological polar surface area (TPSA) is 74.8 Å². The summed E-state index contributed by atoms with van der Waals surface area (Å²) in [5.74, 6) is -2.22. The number of thiophene rings is 1. The first-order valence-electron chi connectivity index (χ1n) is 8.11. The molecule has 2 heterocycles. The number of carbonyl (C=O) groups excluding carboxylic acids is 4. The number of ketones is 1. The molecule has 1 saturated heterocycles. The molecule has 1 aliphatic heterocycles. The Morgan fingerprint density at radius 1 is 1.12 bits per heavy atom. The summed E-state index contributed by atoms with van der Waals surface area (Å²) >= 11 is 6.86. The third kappa shape index (κ3) is 3.82. The van der Waals surface area contributed by atoms with Crippen LogP contribution in [0.2, 0.25) is 4.34 Å². The van der Waals surface area contributed by atoms with Crippen molar-refractivity contribution in [2.24, 2.45) is 0 Å². The van der Waals surface area contributed by atoms with E-state index in [1.165, 1.54) is 11.6 Å². The monoisotopic (exact) mass is 380 g/mol. The number of urea groups is 1. The Kier molecular flexibility index (Phi) is 5.34. The second-order valence-electron chi connectivity index (χ2n) is 6.02. The van der Waals surface area contributed by atoms with E-state index in [-0.39, 0.29) is 6.54 Å². The summed E-state index contributed by atoms with van der Waals surface area (Å²) in [6.07, 6.45) is 6.96. The zero-order valence-corrected chi connectivity index (χ0v) is 15.1. The lowest BCUT2D eigenvalue weighted by Crippen LogP contribution is -2.37. The van der Waals surface area contributed by atoms with Crippen LogP contribution in [0.25, 0.3) is 0 Å². The molecule has 1 aliphatic carbocycles. The van der Waals surface area contributed by atoms with Crippen molar-refractivity contribution in [2.45, 2.75) is 32.1 Å². The van der Waals surface area contributed by atoms with Crippen molar-refractivity contribution < 1.29 is 19.2 Å². The molecular weight excluding hydrogens is 364 g/mol. The first kappa shape index (κ1) is 17.8. The van der Waals surface area contributed by atoms with Gasteiger partial charge in [0, 0.05) is 6.54 Å². The van der Waals surface area contributed by atoms with Crippen LogP contribution in [0.3, 0.4) is 0 Å². The molecule has 0 aromatic carbocycles. The molecule has 2 aliphatic rings. The fourth-order valence-corrected chi connectivity index (χ4v) is 3.93. The smallest absolute Gasteiger partial charge is 0.291 e. The van der Waals surface area contributed by atoms with Gasteiger partial charge in [-0.1, -0.05) is 23.3 Å². The molecule has 0 radical (unpaired) electrons. The Hall–Kier alpha value is -1.99. The van der Waals surface area contributed by atoms with E-state index >= 15 is 0 Å². The van der Waals surface area contributed by atoms with Gasteiger partial charge in [-0.3, -0.25) is 19.3 Å². The van der Waals surface area contributed by atoms with Crippen LogP contribution in [-0.4, -0.2) is 46.5 Å². The molecule has 0 N–H and O–H groups in total. The van der Waals surface area contributed by atoms with E-state index in [1.807, 2.05) is 0 Å². The summed E-state index contributed by atoms with van der Waals surface area (Å²) in [6, 6.07) is 2.39. The van der Waals surface area contributed by atoms with E-state index < -0.39 is 30.2 Å². The third-order valence-corrected chi connectivity index (χ3v) is 5.60. The number of Topliss-reactive ketones (excluding diaryl/α,β-unsaturated/α-hetero) is 1. The Bertz CT molecular complexity index is 770. The summed E-state index contributed by atoms with van der Waals surface area (Å²) < 4.78 is 0.445. The van der Waals surface area contributed by atoms with Gasteiger partial charge in [0.15, 0.2) is 5.78 Å². The van der Waals surface area contributed by atoms with Gasteiger partial charge in [-0.05, 0) is 44.2 Å². The van der Waals surface area contributed by atoms with Gasteiger partial charge in [0.1, 0.15) is 0 Å². The van der Waals surface area contributed by atoms with Gasteiger partial charge in [-0.2, -0.15) is 0 Å². The standard InChI is InChI=1S/C17H17ClN2O4S/c18-14-7-6-13(25-14)12(21)10-20-16(23)15(22)19(17(20)24)9-8-11-4-2-1-3-5-11/h4,6-7H,1-3,5,8-10H2. The largest absolute Gasteiger partial charge is 0.334 e. The van der Waals surface area contributed by atoms with Crippen LogP contribution in [0, 0.1) is 0 Å². The number of imide groups is 2. The molecule has 4 amide bonds. The van der Waals surface area contributed by atoms with Crippen LogP contribution in [0.5, 0.6) is 0 Å². The molecular formula is C17H17ClN2O4S. The lowest BCUT2D eigenvalue weighted by molar-refractivity contribution is -0.143. The molecule has 25 heavy (non-hydrogen) atoms. The lowest BCUT2D eigenvalue weighted by atomic mass is 9.97. The number of halogens is 1. The van der Waals surface area contributed by atoms with Crippen molar-refractivity contribution in [3.05, 3.63) is 33.0 Å². The van der Waals surface area contributed by atoms with Gasteiger partial charge in [-0.25, -0.2) is 9.69 Å². The summed E-state index contributed by atoms with van der Waals surface area (Å²) in [4.78, 5) is 50.7. The second kappa shape index (κ2) is 7.49. The zero-order chi connectivity index (χ0) is 18.0. The van der Waals surface area contributed by atoms with Gasteiger partial charge < -0.3 is 0 Å². The number of carbonyl (C=O) groups is 4. The molecule has 8 heteroatoms. The van der Waals surface area contributed by atoms with Crippen LogP contribution in [-0.2, 0) is 9.59 Å². The van der Waals surface area contributed by atoms with Gasteiger partial charge in [0.2, 0.25) is 0 Å². The molecule has 6 nitrogen and oxygen atoms in total. The summed E-state index contributed by atoms with van der Waals surface area (Å²) in [5, 5.41) is 0. The van der Waals surface area contributed by atoms with Crippen molar-refractivity contribution in [2.75, 3.05) is 13.1 Å². The first-order chi connectivity index (χ1) is 12.0. The van der Waals surface area contributed by atoms with E-state index in [1.54, 1.807) is 6.07 Å². The molecule has 0 atom stereocenters. The molecule has 0 bridgehead atoms. The van der Waals surface area contributed by atoms with E-state index in [2.05, 4.69) is 6.08 Å². The molecule has 0 unspecified atom stereocenters. The highest BCUT2D eigenvalue weighted by Crippen LogP contribution is 2.24.